The van der Waals surface area contributed by atoms with Gasteiger partial charge in [-0.15, -0.1) is 0 Å². The topological polar surface area (TPSA) is 70.1 Å². The van der Waals surface area contributed by atoms with Gasteiger partial charge in [-0.05, 0) is 12.8 Å². The highest BCUT2D eigenvalue weighted by atomic mass is 16.6. The number of piperazine rings is 1. The summed E-state index contributed by atoms with van der Waals surface area (Å²) in [6.45, 7) is 7.76. The molecule has 6 heteroatoms. The van der Waals surface area contributed by atoms with Crippen LogP contribution in [0, 0.1) is 5.92 Å². The lowest BCUT2D eigenvalue weighted by Crippen LogP contribution is -2.49. The van der Waals surface area contributed by atoms with Crippen molar-refractivity contribution >= 4 is 12.1 Å². The Kier molecular flexibility index (Phi) is 5.91. The van der Waals surface area contributed by atoms with Crippen LogP contribution in [0.1, 0.15) is 20.3 Å². The van der Waals surface area contributed by atoms with Crippen molar-refractivity contribution in [3.8, 4) is 0 Å². The van der Waals surface area contributed by atoms with Gasteiger partial charge >= 0.3 is 12.1 Å². The molecule has 1 unspecified atom stereocenters. The Hall–Kier alpha value is -1.30. The van der Waals surface area contributed by atoms with Crippen LogP contribution in [0.25, 0.3) is 0 Å². The Morgan fingerprint density at radius 3 is 2.39 bits per heavy atom. The van der Waals surface area contributed by atoms with Gasteiger partial charge in [-0.3, -0.25) is 9.69 Å². The number of carbonyl (C=O) groups excluding carboxylic acids is 1. The molecule has 0 aromatic rings. The first-order valence-corrected chi connectivity index (χ1v) is 6.38. The Balaban J connectivity index is 2.26. The van der Waals surface area contributed by atoms with E-state index in [2.05, 4.69) is 4.90 Å². The minimum atomic E-state index is -0.757. The van der Waals surface area contributed by atoms with Gasteiger partial charge < -0.3 is 14.7 Å². The minimum absolute atomic E-state index is 0.136. The van der Waals surface area contributed by atoms with E-state index < -0.39 is 5.97 Å². The molecule has 0 aromatic carbocycles. The Morgan fingerprint density at radius 1 is 1.28 bits per heavy atom. The van der Waals surface area contributed by atoms with Crippen LogP contribution in [0.2, 0.25) is 0 Å². The van der Waals surface area contributed by atoms with E-state index in [9.17, 15) is 9.59 Å². The number of carbonyl (C=O) groups is 2. The lowest BCUT2D eigenvalue weighted by molar-refractivity contribution is -0.138. The van der Waals surface area contributed by atoms with Crippen LogP contribution in [0.15, 0.2) is 0 Å². The third-order valence-electron chi connectivity index (χ3n) is 2.99. The predicted octanol–water partition coefficient (Wildman–Crippen LogP) is 0.871. The molecule has 0 spiro atoms. The summed E-state index contributed by atoms with van der Waals surface area (Å²) in [6, 6.07) is 0. The molecule has 1 N–H and O–H groups in total. The van der Waals surface area contributed by atoms with Crippen LogP contribution in [-0.2, 0) is 9.53 Å². The van der Waals surface area contributed by atoms with Crippen molar-refractivity contribution < 1.29 is 19.4 Å². The largest absolute Gasteiger partial charge is 0.481 e. The third-order valence-corrected chi connectivity index (χ3v) is 2.99. The van der Waals surface area contributed by atoms with Crippen molar-refractivity contribution in [3.05, 3.63) is 0 Å². The fourth-order valence-electron chi connectivity index (χ4n) is 2.13. The molecular formula is C12H22N2O4. The zero-order chi connectivity index (χ0) is 13.5. The summed E-state index contributed by atoms with van der Waals surface area (Å²) in [7, 11) is 0. The lowest BCUT2D eigenvalue weighted by Gasteiger charge is -2.35. The molecule has 6 nitrogen and oxygen atoms in total. The number of ether oxygens (including phenoxy) is 1. The maximum atomic E-state index is 11.5. The molecule has 1 atom stereocenters. The normalized spacial score (nSPS) is 18.4. The Morgan fingerprint density at radius 2 is 1.89 bits per heavy atom. The molecule has 1 amide bonds. The highest BCUT2D eigenvalue weighted by Crippen LogP contribution is 2.09. The first-order chi connectivity index (χ1) is 8.52. The van der Waals surface area contributed by atoms with Gasteiger partial charge in [0.2, 0.25) is 0 Å². The summed E-state index contributed by atoms with van der Waals surface area (Å²) in [5.41, 5.74) is 0. The van der Waals surface area contributed by atoms with Crippen molar-refractivity contribution in [1.82, 2.24) is 9.80 Å². The second kappa shape index (κ2) is 7.20. The van der Waals surface area contributed by atoms with Crippen LogP contribution in [0.3, 0.4) is 0 Å². The highest BCUT2D eigenvalue weighted by molar-refractivity contribution is 5.67. The second-order valence-electron chi connectivity index (χ2n) is 4.69. The molecule has 18 heavy (non-hydrogen) atoms. The van der Waals surface area contributed by atoms with E-state index in [-0.39, 0.29) is 18.4 Å². The monoisotopic (exact) mass is 258 g/mol. The van der Waals surface area contributed by atoms with Crippen molar-refractivity contribution in [2.24, 2.45) is 5.92 Å². The molecule has 0 bridgehead atoms. The molecule has 104 valence electrons. The fraction of sp³-hybridized carbons (Fsp3) is 0.833. The summed E-state index contributed by atoms with van der Waals surface area (Å²) in [4.78, 5) is 26.0. The Labute approximate surface area is 107 Å². The van der Waals surface area contributed by atoms with Crippen LogP contribution in [0.4, 0.5) is 4.79 Å². The van der Waals surface area contributed by atoms with E-state index in [1.54, 1.807) is 11.8 Å². The molecule has 1 aliphatic heterocycles. The number of hydrogen-bond acceptors (Lipinski definition) is 4. The average molecular weight is 258 g/mol. The Bertz CT molecular complexity index is 288. The molecular weight excluding hydrogens is 236 g/mol. The molecule has 0 aliphatic carbocycles. The number of aliphatic carboxylic acids is 1. The predicted molar refractivity (Wildman–Crippen MR) is 66.5 cm³/mol. The average Bonchev–Trinajstić information content (AvgIpc) is 2.29. The van der Waals surface area contributed by atoms with Gasteiger partial charge in [0.25, 0.3) is 0 Å². The first kappa shape index (κ1) is 14.8. The molecule has 1 fully saturated rings. The number of hydrogen-bond donors (Lipinski definition) is 1. The van der Waals surface area contributed by atoms with Gasteiger partial charge in [-0.25, -0.2) is 4.79 Å². The molecule has 1 heterocycles. The molecule has 1 rings (SSSR count). The van der Waals surface area contributed by atoms with Crippen molar-refractivity contribution in [3.63, 3.8) is 0 Å². The van der Waals surface area contributed by atoms with Gasteiger partial charge in [0, 0.05) is 39.1 Å². The minimum Gasteiger partial charge on any atom is -0.481 e. The van der Waals surface area contributed by atoms with E-state index in [0.717, 1.165) is 19.6 Å². The molecule has 0 aromatic heterocycles. The third kappa shape index (κ3) is 4.91. The van der Waals surface area contributed by atoms with Crippen molar-refractivity contribution in [1.29, 1.82) is 0 Å². The SMILES string of the molecule is CCOC(=O)N1CCN(CC(C)CC(=O)O)CC1. The van der Waals surface area contributed by atoms with E-state index in [1.807, 2.05) is 6.92 Å². The maximum absolute atomic E-state index is 11.5. The zero-order valence-corrected chi connectivity index (χ0v) is 11.1. The van der Waals surface area contributed by atoms with Crippen LogP contribution in [-0.4, -0.2) is 66.3 Å². The van der Waals surface area contributed by atoms with E-state index in [4.69, 9.17) is 9.84 Å². The number of rotatable bonds is 5. The summed E-state index contributed by atoms with van der Waals surface area (Å²) >= 11 is 0. The van der Waals surface area contributed by atoms with E-state index in [1.165, 1.54) is 0 Å². The fourth-order valence-corrected chi connectivity index (χ4v) is 2.13. The smallest absolute Gasteiger partial charge is 0.409 e. The van der Waals surface area contributed by atoms with Crippen molar-refractivity contribution in [2.45, 2.75) is 20.3 Å². The van der Waals surface area contributed by atoms with E-state index in [0.29, 0.717) is 19.7 Å². The van der Waals surface area contributed by atoms with Crippen molar-refractivity contribution in [2.75, 3.05) is 39.3 Å². The summed E-state index contributed by atoms with van der Waals surface area (Å²) in [6.07, 6.45) is -0.0614. The highest BCUT2D eigenvalue weighted by Gasteiger charge is 2.23. The van der Waals surface area contributed by atoms with Gasteiger partial charge in [-0.1, -0.05) is 6.92 Å². The second-order valence-corrected chi connectivity index (χ2v) is 4.69. The molecule has 0 saturated carbocycles. The van der Waals surface area contributed by atoms with Crippen LogP contribution >= 0.6 is 0 Å². The summed E-state index contributed by atoms with van der Waals surface area (Å²) < 4.78 is 4.94. The number of carboxylic acids is 1. The van der Waals surface area contributed by atoms with Gasteiger partial charge in [0.15, 0.2) is 0 Å². The van der Waals surface area contributed by atoms with Gasteiger partial charge in [-0.2, -0.15) is 0 Å². The van der Waals surface area contributed by atoms with Gasteiger partial charge in [0.1, 0.15) is 0 Å². The summed E-state index contributed by atoms with van der Waals surface area (Å²) in [5, 5.41) is 8.70. The molecule has 1 saturated heterocycles. The number of carboxylic acid groups (broad SMARTS) is 1. The number of amides is 1. The quantitative estimate of drug-likeness (QED) is 0.792. The maximum Gasteiger partial charge on any atom is 0.409 e. The van der Waals surface area contributed by atoms with Crippen LogP contribution in [0.5, 0.6) is 0 Å². The van der Waals surface area contributed by atoms with E-state index >= 15 is 0 Å². The first-order valence-electron chi connectivity index (χ1n) is 6.38. The summed E-state index contributed by atoms with van der Waals surface area (Å²) in [5.74, 6) is -0.621. The van der Waals surface area contributed by atoms with Crippen LogP contribution < -0.4 is 0 Å². The molecule has 1 aliphatic rings. The molecule has 0 radical (unpaired) electrons. The van der Waals surface area contributed by atoms with Gasteiger partial charge in [0.05, 0.1) is 6.61 Å². The lowest BCUT2D eigenvalue weighted by atomic mass is 10.1. The standard InChI is InChI=1S/C12H22N2O4/c1-3-18-12(17)14-6-4-13(5-7-14)9-10(2)8-11(15)16/h10H,3-9H2,1-2H3,(H,15,16). The number of nitrogens with zero attached hydrogens (tertiary/aromatic N) is 2. The zero-order valence-electron chi connectivity index (χ0n) is 11.1.